The first-order chi connectivity index (χ1) is 13.7. The smallest absolute Gasteiger partial charge is 0.222 e. The molecule has 0 amide bonds. The van der Waals surface area contributed by atoms with E-state index in [0.29, 0.717) is 29.7 Å². The van der Waals surface area contributed by atoms with Crippen LogP contribution in [0.1, 0.15) is 36.2 Å². The number of sulfone groups is 1. The number of halogens is 1. The highest BCUT2D eigenvalue weighted by molar-refractivity contribution is 7.89. The predicted octanol–water partition coefficient (Wildman–Crippen LogP) is 3.17. The molecule has 1 aliphatic rings. The molecule has 9 heteroatoms. The van der Waals surface area contributed by atoms with Crippen LogP contribution in [0.5, 0.6) is 0 Å². The Hall–Kier alpha value is -1.90. The lowest BCUT2D eigenvalue weighted by atomic mass is 10.0. The summed E-state index contributed by atoms with van der Waals surface area (Å²) in [5.74, 6) is 1.27. The molecule has 3 rings (SSSR count). The molecule has 0 radical (unpaired) electrons. The van der Waals surface area contributed by atoms with Gasteiger partial charge in [-0.15, -0.1) is 0 Å². The third kappa shape index (κ3) is 5.58. The van der Waals surface area contributed by atoms with Gasteiger partial charge in [-0.25, -0.2) is 13.4 Å². The van der Waals surface area contributed by atoms with Crippen LogP contribution in [-0.4, -0.2) is 44.4 Å². The van der Waals surface area contributed by atoms with Crippen LogP contribution in [0.4, 0.5) is 11.8 Å². The second-order valence-electron chi connectivity index (χ2n) is 7.63. The number of anilines is 2. The summed E-state index contributed by atoms with van der Waals surface area (Å²) in [5, 5.41) is 0.512. The van der Waals surface area contributed by atoms with Gasteiger partial charge >= 0.3 is 0 Å². The summed E-state index contributed by atoms with van der Waals surface area (Å²) in [7, 11) is -3.14. The minimum atomic E-state index is -3.14. The lowest BCUT2D eigenvalue weighted by molar-refractivity contribution is 0.109. The Morgan fingerprint density at radius 2 is 2.03 bits per heavy atom. The van der Waals surface area contributed by atoms with Crippen LogP contribution in [0, 0.1) is 12.8 Å². The Morgan fingerprint density at radius 1 is 1.28 bits per heavy atom. The number of aryl methyl sites for hydroxylation is 1. The molecule has 0 saturated carbocycles. The first kappa shape index (κ1) is 21.8. The maximum absolute atomic E-state index is 11.6. The van der Waals surface area contributed by atoms with Gasteiger partial charge in [0.1, 0.15) is 5.82 Å². The van der Waals surface area contributed by atoms with E-state index in [2.05, 4.69) is 21.8 Å². The minimum Gasteiger partial charge on any atom is -0.379 e. The second-order valence-corrected chi connectivity index (χ2v) is 10.2. The van der Waals surface area contributed by atoms with Crippen LogP contribution in [-0.2, 0) is 20.3 Å². The molecular weight excluding hydrogens is 412 g/mol. The van der Waals surface area contributed by atoms with Gasteiger partial charge in [0.15, 0.2) is 9.84 Å². The molecule has 2 heterocycles. The molecule has 158 valence electrons. The van der Waals surface area contributed by atoms with Crippen LogP contribution < -0.4 is 10.6 Å². The van der Waals surface area contributed by atoms with Crippen molar-refractivity contribution in [1.82, 2.24) is 9.97 Å². The van der Waals surface area contributed by atoms with E-state index in [1.807, 2.05) is 25.1 Å². The number of hydrogen-bond donors (Lipinski definition) is 1. The quantitative estimate of drug-likeness (QED) is 0.765. The summed E-state index contributed by atoms with van der Waals surface area (Å²) in [6.45, 7) is 5.88. The number of hydrogen-bond acceptors (Lipinski definition) is 7. The molecule has 0 spiro atoms. The van der Waals surface area contributed by atoms with E-state index < -0.39 is 9.84 Å². The SMILES string of the molecule is CCC1COCC(c2ccc(CS(C)(=O)=O)cc2Cl)N(c2cc(C)nc(N)n2)C1. The fourth-order valence-electron chi connectivity index (χ4n) is 3.61. The second kappa shape index (κ2) is 8.85. The summed E-state index contributed by atoms with van der Waals surface area (Å²) < 4.78 is 29.2. The van der Waals surface area contributed by atoms with Crippen molar-refractivity contribution in [3.05, 3.63) is 46.1 Å². The summed E-state index contributed by atoms with van der Waals surface area (Å²) in [5.41, 5.74) is 8.23. The van der Waals surface area contributed by atoms with Crippen LogP contribution >= 0.6 is 11.6 Å². The molecule has 0 aliphatic carbocycles. The summed E-state index contributed by atoms with van der Waals surface area (Å²) in [6.07, 6.45) is 2.19. The highest BCUT2D eigenvalue weighted by Crippen LogP contribution is 2.35. The van der Waals surface area contributed by atoms with Gasteiger partial charge < -0.3 is 15.4 Å². The zero-order valence-electron chi connectivity index (χ0n) is 16.9. The maximum Gasteiger partial charge on any atom is 0.222 e. The molecule has 29 heavy (non-hydrogen) atoms. The zero-order chi connectivity index (χ0) is 21.2. The van der Waals surface area contributed by atoms with E-state index in [1.54, 1.807) is 6.07 Å². The van der Waals surface area contributed by atoms with E-state index >= 15 is 0 Å². The normalized spacial score (nSPS) is 20.5. The standard InChI is InChI=1S/C20H27ClN4O3S/c1-4-14-9-25(19-7-13(2)23-20(22)24-19)18(11-28-10-14)16-6-5-15(8-17(16)21)12-29(3,26)27/h5-8,14,18H,4,9-12H2,1-3H3,(H2,22,23,24). The number of benzene rings is 1. The van der Waals surface area contributed by atoms with Crippen molar-refractivity contribution in [3.8, 4) is 0 Å². The van der Waals surface area contributed by atoms with E-state index in [9.17, 15) is 8.42 Å². The minimum absolute atomic E-state index is 0.0442. The van der Waals surface area contributed by atoms with Crippen molar-refractivity contribution in [2.75, 3.05) is 36.6 Å². The highest BCUT2D eigenvalue weighted by atomic mass is 35.5. The number of nitrogens with zero attached hydrogens (tertiary/aromatic N) is 3. The molecule has 2 unspecified atom stereocenters. The number of ether oxygens (including phenoxy) is 1. The third-order valence-electron chi connectivity index (χ3n) is 5.04. The van der Waals surface area contributed by atoms with Crippen LogP contribution in [0.15, 0.2) is 24.3 Å². The summed E-state index contributed by atoms with van der Waals surface area (Å²) >= 11 is 6.60. The van der Waals surface area contributed by atoms with Crippen molar-refractivity contribution >= 4 is 33.2 Å². The van der Waals surface area contributed by atoms with Gasteiger partial charge in [-0.05, 0) is 36.5 Å². The Morgan fingerprint density at radius 3 is 2.66 bits per heavy atom. The van der Waals surface area contributed by atoms with Crippen LogP contribution in [0.25, 0.3) is 0 Å². The van der Waals surface area contributed by atoms with Gasteiger partial charge in [0.05, 0.1) is 25.0 Å². The van der Waals surface area contributed by atoms with E-state index in [4.69, 9.17) is 22.1 Å². The maximum atomic E-state index is 11.6. The number of aromatic nitrogens is 2. The molecule has 2 atom stereocenters. The van der Waals surface area contributed by atoms with Crippen molar-refractivity contribution < 1.29 is 13.2 Å². The van der Waals surface area contributed by atoms with Crippen molar-refractivity contribution in [2.45, 2.75) is 32.1 Å². The molecule has 1 saturated heterocycles. The Labute approximate surface area is 177 Å². The molecule has 1 aromatic carbocycles. The monoisotopic (exact) mass is 438 g/mol. The van der Waals surface area contributed by atoms with Crippen LogP contribution in [0.2, 0.25) is 5.02 Å². The fourth-order valence-corrected chi connectivity index (χ4v) is 4.72. The first-order valence-electron chi connectivity index (χ1n) is 9.58. The molecule has 2 N–H and O–H groups in total. The predicted molar refractivity (Wildman–Crippen MR) is 116 cm³/mol. The van der Waals surface area contributed by atoms with Crippen molar-refractivity contribution in [1.29, 1.82) is 0 Å². The van der Waals surface area contributed by atoms with Crippen molar-refractivity contribution in [3.63, 3.8) is 0 Å². The fraction of sp³-hybridized carbons (Fsp3) is 0.500. The van der Waals surface area contributed by atoms with Gasteiger partial charge in [0, 0.05) is 29.6 Å². The molecule has 1 fully saturated rings. The molecular formula is C20H27ClN4O3S. The number of nitrogens with two attached hydrogens (primary N) is 1. The van der Waals surface area contributed by atoms with Gasteiger partial charge in [-0.3, -0.25) is 0 Å². The van der Waals surface area contributed by atoms with Crippen LogP contribution in [0.3, 0.4) is 0 Å². The topological polar surface area (TPSA) is 98.4 Å². The third-order valence-corrected chi connectivity index (χ3v) is 6.23. The molecule has 0 bridgehead atoms. The Bertz CT molecular complexity index is 963. The number of nitrogen functional groups attached to an aromatic ring is 1. The zero-order valence-corrected chi connectivity index (χ0v) is 18.5. The molecule has 2 aromatic rings. The summed E-state index contributed by atoms with van der Waals surface area (Å²) in [6, 6.07) is 7.15. The summed E-state index contributed by atoms with van der Waals surface area (Å²) in [4.78, 5) is 10.8. The first-order valence-corrected chi connectivity index (χ1v) is 12.0. The van der Waals surface area contributed by atoms with E-state index in [0.717, 1.165) is 30.0 Å². The largest absolute Gasteiger partial charge is 0.379 e. The molecule has 7 nitrogen and oxygen atoms in total. The van der Waals surface area contributed by atoms with Gasteiger partial charge in [-0.2, -0.15) is 4.98 Å². The van der Waals surface area contributed by atoms with Gasteiger partial charge in [-0.1, -0.05) is 30.7 Å². The van der Waals surface area contributed by atoms with E-state index in [1.165, 1.54) is 6.26 Å². The molecule has 1 aliphatic heterocycles. The molecule has 1 aromatic heterocycles. The Balaban J connectivity index is 2.02. The Kier molecular flexibility index (Phi) is 6.65. The number of rotatable bonds is 5. The van der Waals surface area contributed by atoms with Gasteiger partial charge in [0.2, 0.25) is 5.95 Å². The average molecular weight is 439 g/mol. The highest BCUT2D eigenvalue weighted by Gasteiger charge is 2.30. The average Bonchev–Trinajstić information content (AvgIpc) is 2.82. The van der Waals surface area contributed by atoms with E-state index in [-0.39, 0.29) is 17.7 Å². The lowest BCUT2D eigenvalue weighted by Gasteiger charge is -2.33. The van der Waals surface area contributed by atoms with Gasteiger partial charge in [0.25, 0.3) is 0 Å². The lowest BCUT2D eigenvalue weighted by Crippen LogP contribution is -2.34. The van der Waals surface area contributed by atoms with Crippen molar-refractivity contribution in [2.24, 2.45) is 5.92 Å².